The minimum Gasteiger partial charge on any atom is -0.544 e. The third-order valence-corrected chi connectivity index (χ3v) is 3.68. The van der Waals surface area contributed by atoms with Gasteiger partial charge in [-0.1, -0.05) is 11.3 Å². The normalized spacial score (nSPS) is 10.2. The van der Waals surface area contributed by atoms with Crippen LogP contribution in [0.3, 0.4) is 0 Å². The molecule has 0 spiro atoms. The molecular weight excluding hydrogens is 280 g/mol. The molecule has 6 nitrogen and oxygen atoms in total. The summed E-state index contributed by atoms with van der Waals surface area (Å²) < 4.78 is 10.4. The standard InChI is InChI=1S/C13H14N2O4S/c1-7-11(12(16)17)20-13(14-7)15-9-6-8(18-2)4-5-10(9)19-3/h4-6H,1-3H3,(H,14,15)(H,16,17)/p-1. The highest BCUT2D eigenvalue weighted by Gasteiger charge is 2.11. The first kappa shape index (κ1) is 14.1. The van der Waals surface area contributed by atoms with Crippen LogP contribution in [-0.4, -0.2) is 25.2 Å². The van der Waals surface area contributed by atoms with Crippen LogP contribution in [0.5, 0.6) is 11.5 Å². The number of nitrogens with one attached hydrogen (secondary N) is 1. The van der Waals surface area contributed by atoms with Crippen LogP contribution in [-0.2, 0) is 0 Å². The average molecular weight is 293 g/mol. The topological polar surface area (TPSA) is 83.5 Å². The van der Waals surface area contributed by atoms with Crippen molar-refractivity contribution in [1.82, 2.24) is 4.98 Å². The molecule has 20 heavy (non-hydrogen) atoms. The van der Waals surface area contributed by atoms with Crippen molar-refractivity contribution < 1.29 is 19.4 Å². The molecular formula is C13H13N2O4S-. The Hall–Kier alpha value is -2.28. The monoisotopic (exact) mass is 293 g/mol. The second kappa shape index (κ2) is 5.79. The van der Waals surface area contributed by atoms with E-state index in [0.29, 0.717) is 28.0 Å². The molecule has 0 unspecified atom stereocenters. The van der Waals surface area contributed by atoms with E-state index in [0.717, 1.165) is 11.3 Å². The van der Waals surface area contributed by atoms with E-state index in [2.05, 4.69) is 10.3 Å². The summed E-state index contributed by atoms with van der Waals surface area (Å²) in [5.41, 5.74) is 1.06. The summed E-state index contributed by atoms with van der Waals surface area (Å²) in [6.07, 6.45) is 0. The number of rotatable bonds is 5. The molecule has 1 heterocycles. The lowest BCUT2D eigenvalue weighted by atomic mass is 10.2. The van der Waals surface area contributed by atoms with Gasteiger partial charge in [-0.15, -0.1) is 0 Å². The fourth-order valence-corrected chi connectivity index (χ4v) is 2.48. The molecule has 0 aliphatic heterocycles. The van der Waals surface area contributed by atoms with Crippen molar-refractivity contribution in [3.8, 4) is 11.5 Å². The Morgan fingerprint density at radius 2 is 2.10 bits per heavy atom. The van der Waals surface area contributed by atoms with Gasteiger partial charge in [-0.25, -0.2) is 4.98 Å². The van der Waals surface area contributed by atoms with Gasteiger partial charge >= 0.3 is 0 Å². The van der Waals surface area contributed by atoms with E-state index in [1.165, 1.54) is 0 Å². The molecule has 1 aromatic carbocycles. The number of benzene rings is 1. The zero-order valence-corrected chi connectivity index (χ0v) is 12.0. The Bertz CT molecular complexity index is 639. The minimum absolute atomic E-state index is 0.106. The van der Waals surface area contributed by atoms with E-state index in [1.807, 2.05) is 0 Å². The summed E-state index contributed by atoms with van der Waals surface area (Å²) in [4.78, 5) is 15.2. The highest BCUT2D eigenvalue weighted by molar-refractivity contribution is 7.17. The molecule has 0 bridgehead atoms. The Labute approximate surface area is 120 Å². The number of aromatic nitrogens is 1. The maximum Gasteiger partial charge on any atom is 0.188 e. The molecule has 106 valence electrons. The molecule has 0 aliphatic rings. The lowest BCUT2D eigenvalue weighted by Crippen LogP contribution is -2.21. The number of nitrogens with zero attached hydrogens (tertiary/aromatic N) is 1. The van der Waals surface area contributed by atoms with Crippen molar-refractivity contribution in [3.63, 3.8) is 0 Å². The molecule has 0 fully saturated rings. The van der Waals surface area contributed by atoms with Gasteiger partial charge in [0.2, 0.25) is 0 Å². The second-order valence-corrected chi connectivity index (χ2v) is 4.91. The molecule has 7 heteroatoms. The number of carbonyl (C=O) groups is 1. The first-order valence-electron chi connectivity index (χ1n) is 5.73. The average Bonchev–Trinajstić information content (AvgIpc) is 2.79. The Balaban J connectivity index is 2.33. The largest absolute Gasteiger partial charge is 0.544 e. The van der Waals surface area contributed by atoms with Gasteiger partial charge in [0.15, 0.2) is 5.13 Å². The van der Waals surface area contributed by atoms with Crippen LogP contribution in [0.2, 0.25) is 0 Å². The van der Waals surface area contributed by atoms with Crippen molar-refractivity contribution in [2.75, 3.05) is 19.5 Å². The predicted octanol–water partition coefficient (Wildman–Crippen LogP) is 1.58. The van der Waals surface area contributed by atoms with Gasteiger partial charge in [0.25, 0.3) is 0 Å². The van der Waals surface area contributed by atoms with E-state index in [9.17, 15) is 9.90 Å². The number of aromatic carboxylic acids is 1. The Morgan fingerprint density at radius 1 is 1.35 bits per heavy atom. The molecule has 0 atom stereocenters. The zero-order valence-electron chi connectivity index (χ0n) is 11.2. The molecule has 0 saturated carbocycles. The number of methoxy groups -OCH3 is 2. The van der Waals surface area contributed by atoms with Crippen molar-refractivity contribution in [3.05, 3.63) is 28.8 Å². The summed E-state index contributed by atoms with van der Waals surface area (Å²) in [6.45, 7) is 1.62. The maximum absolute atomic E-state index is 10.9. The quantitative estimate of drug-likeness (QED) is 0.901. The smallest absolute Gasteiger partial charge is 0.188 e. The highest BCUT2D eigenvalue weighted by atomic mass is 32.1. The van der Waals surface area contributed by atoms with Gasteiger partial charge in [-0.05, 0) is 19.1 Å². The van der Waals surface area contributed by atoms with Gasteiger partial charge in [0.05, 0.1) is 36.4 Å². The molecule has 1 N–H and O–H groups in total. The molecule has 1 aromatic heterocycles. The highest BCUT2D eigenvalue weighted by Crippen LogP contribution is 2.33. The third kappa shape index (κ3) is 2.83. The van der Waals surface area contributed by atoms with Crippen LogP contribution in [0.25, 0.3) is 0 Å². The van der Waals surface area contributed by atoms with Gasteiger partial charge in [-0.3, -0.25) is 0 Å². The van der Waals surface area contributed by atoms with Crippen LogP contribution < -0.4 is 19.9 Å². The number of thiazole rings is 1. The summed E-state index contributed by atoms with van der Waals surface area (Å²) in [5.74, 6) is 0.0287. The van der Waals surface area contributed by atoms with Crippen molar-refractivity contribution >= 4 is 28.1 Å². The molecule has 0 radical (unpaired) electrons. The third-order valence-electron chi connectivity index (χ3n) is 2.63. The summed E-state index contributed by atoms with van der Waals surface area (Å²) in [6, 6.07) is 5.26. The zero-order chi connectivity index (χ0) is 14.7. The number of carboxylic acid groups (broad SMARTS) is 1. The fraction of sp³-hybridized carbons (Fsp3) is 0.231. The molecule has 2 rings (SSSR count). The maximum atomic E-state index is 10.9. The lowest BCUT2D eigenvalue weighted by Gasteiger charge is -2.10. The Morgan fingerprint density at radius 3 is 2.65 bits per heavy atom. The van der Waals surface area contributed by atoms with Crippen molar-refractivity contribution in [1.29, 1.82) is 0 Å². The molecule has 0 saturated heterocycles. The second-order valence-electron chi connectivity index (χ2n) is 3.91. The van der Waals surface area contributed by atoms with Gasteiger partial charge in [-0.2, -0.15) is 0 Å². The first-order chi connectivity index (χ1) is 9.55. The number of carbonyl (C=O) groups excluding carboxylic acids is 1. The summed E-state index contributed by atoms with van der Waals surface area (Å²) in [5, 5.41) is 14.4. The van der Waals surface area contributed by atoms with Gasteiger partial charge in [0, 0.05) is 6.07 Å². The summed E-state index contributed by atoms with van der Waals surface area (Å²) >= 11 is 1.01. The van der Waals surface area contributed by atoms with E-state index in [1.54, 1.807) is 39.3 Å². The van der Waals surface area contributed by atoms with E-state index < -0.39 is 5.97 Å². The molecule has 2 aromatic rings. The number of carboxylic acids is 1. The van der Waals surface area contributed by atoms with Crippen molar-refractivity contribution in [2.45, 2.75) is 6.92 Å². The number of hydrogen-bond acceptors (Lipinski definition) is 7. The van der Waals surface area contributed by atoms with Gasteiger partial charge in [0.1, 0.15) is 11.5 Å². The lowest BCUT2D eigenvalue weighted by molar-refractivity contribution is -0.254. The molecule has 0 aliphatic carbocycles. The van der Waals surface area contributed by atoms with Crippen LogP contribution in [0.1, 0.15) is 15.4 Å². The fourth-order valence-electron chi connectivity index (χ4n) is 1.67. The predicted molar refractivity (Wildman–Crippen MR) is 74.0 cm³/mol. The number of hydrogen-bond donors (Lipinski definition) is 1. The minimum atomic E-state index is -1.23. The van der Waals surface area contributed by atoms with Crippen LogP contribution in [0, 0.1) is 6.92 Å². The van der Waals surface area contributed by atoms with Crippen LogP contribution in [0.15, 0.2) is 18.2 Å². The van der Waals surface area contributed by atoms with E-state index >= 15 is 0 Å². The number of aryl methyl sites for hydroxylation is 1. The van der Waals surface area contributed by atoms with E-state index in [-0.39, 0.29) is 4.88 Å². The van der Waals surface area contributed by atoms with Gasteiger partial charge < -0.3 is 24.7 Å². The molecule has 0 amide bonds. The first-order valence-corrected chi connectivity index (χ1v) is 6.54. The number of ether oxygens (including phenoxy) is 2. The van der Waals surface area contributed by atoms with Crippen molar-refractivity contribution in [2.24, 2.45) is 0 Å². The summed E-state index contributed by atoms with van der Waals surface area (Å²) in [7, 11) is 3.11. The van der Waals surface area contributed by atoms with Crippen LogP contribution >= 0.6 is 11.3 Å². The van der Waals surface area contributed by atoms with E-state index in [4.69, 9.17) is 9.47 Å². The van der Waals surface area contributed by atoms with Crippen LogP contribution in [0.4, 0.5) is 10.8 Å². The number of anilines is 2. The Kier molecular flexibility index (Phi) is 4.09. The SMILES string of the molecule is COc1ccc(OC)c(Nc2nc(C)c(C(=O)[O-])s2)c1.